The number of terminal acetylenes is 1. The monoisotopic (exact) mass is 204 g/mol. The molecule has 0 aromatic heterocycles. The van der Waals surface area contributed by atoms with Crippen molar-refractivity contribution in [3.8, 4) is 12.3 Å². The van der Waals surface area contributed by atoms with Crippen LogP contribution >= 0.6 is 0 Å². The van der Waals surface area contributed by atoms with E-state index < -0.39 is 6.10 Å². The second-order valence-electron chi connectivity index (χ2n) is 3.56. The molecule has 0 aliphatic heterocycles. The van der Waals surface area contributed by atoms with Crippen molar-refractivity contribution in [3.63, 3.8) is 0 Å². The summed E-state index contributed by atoms with van der Waals surface area (Å²) in [7, 11) is 0. The van der Waals surface area contributed by atoms with Crippen molar-refractivity contribution in [3.05, 3.63) is 36.0 Å². The lowest BCUT2D eigenvalue weighted by Gasteiger charge is -2.15. The number of aliphatic hydroxyl groups is 1. The average molecular weight is 204 g/mol. The highest BCUT2D eigenvalue weighted by Gasteiger charge is 2.11. The first kappa shape index (κ1) is 13.7. The Bertz CT molecular complexity index is 289. The van der Waals surface area contributed by atoms with Gasteiger partial charge in [-0.1, -0.05) is 37.3 Å². The molecular weight excluding hydrogens is 184 g/mol. The van der Waals surface area contributed by atoms with Crippen molar-refractivity contribution in [2.75, 3.05) is 0 Å². The van der Waals surface area contributed by atoms with Crippen molar-refractivity contribution in [2.24, 2.45) is 5.92 Å². The zero-order chi connectivity index (χ0) is 11.7. The van der Waals surface area contributed by atoms with Crippen LogP contribution < -0.4 is 0 Å². The molecule has 0 heterocycles. The van der Waals surface area contributed by atoms with Gasteiger partial charge in [-0.3, -0.25) is 0 Å². The van der Waals surface area contributed by atoms with E-state index in [2.05, 4.69) is 5.92 Å². The first-order valence-electron chi connectivity index (χ1n) is 5.21. The van der Waals surface area contributed by atoms with E-state index in [9.17, 15) is 5.11 Å². The Hall–Kier alpha value is -1.26. The topological polar surface area (TPSA) is 20.2 Å². The van der Waals surface area contributed by atoms with Gasteiger partial charge in [-0.15, -0.1) is 12.3 Å². The van der Waals surface area contributed by atoms with E-state index in [-0.39, 0.29) is 5.92 Å². The molecule has 82 valence electrons. The Kier molecular flexibility index (Phi) is 7.40. The summed E-state index contributed by atoms with van der Waals surface area (Å²) in [5.41, 5.74) is 1.000. The van der Waals surface area contributed by atoms with Gasteiger partial charge in [0.25, 0.3) is 0 Å². The van der Waals surface area contributed by atoms with E-state index in [1.54, 1.807) is 0 Å². The molecule has 0 rings (SSSR count). The molecule has 0 bridgehead atoms. The second kappa shape index (κ2) is 8.08. The maximum Gasteiger partial charge on any atom is 0.0807 e. The Balaban J connectivity index is 4.13. The summed E-state index contributed by atoms with van der Waals surface area (Å²) in [6, 6.07) is 0. The van der Waals surface area contributed by atoms with E-state index >= 15 is 0 Å². The first-order chi connectivity index (χ1) is 7.13. The highest BCUT2D eigenvalue weighted by Crippen LogP contribution is 2.13. The normalized spacial score (nSPS) is 16.9. The van der Waals surface area contributed by atoms with Gasteiger partial charge < -0.3 is 5.11 Å². The van der Waals surface area contributed by atoms with E-state index in [1.165, 1.54) is 0 Å². The molecule has 1 N–H and O–H groups in total. The predicted molar refractivity (Wildman–Crippen MR) is 66.3 cm³/mol. The third kappa shape index (κ3) is 5.93. The van der Waals surface area contributed by atoms with Gasteiger partial charge >= 0.3 is 0 Å². The van der Waals surface area contributed by atoms with Gasteiger partial charge in [0.05, 0.1) is 6.10 Å². The summed E-state index contributed by atoms with van der Waals surface area (Å²) < 4.78 is 0. The largest absolute Gasteiger partial charge is 0.388 e. The molecule has 0 unspecified atom stereocenters. The molecule has 1 heteroatoms. The molecule has 0 aromatic rings. The molecule has 2 atom stereocenters. The van der Waals surface area contributed by atoms with Crippen molar-refractivity contribution in [2.45, 2.75) is 33.3 Å². The lowest BCUT2D eigenvalue weighted by atomic mass is 9.98. The van der Waals surface area contributed by atoms with Crippen LogP contribution in [0.25, 0.3) is 0 Å². The van der Waals surface area contributed by atoms with Gasteiger partial charge in [-0.05, 0) is 19.4 Å². The fraction of sp³-hybridized carbons (Fsp3) is 0.429. The molecule has 0 spiro atoms. The summed E-state index contributed by atoms with van der Waals surface area (Å²) in [6.07, 6.45) is 15.0. The standard InChI is InChI=1S/C14H20O/c1-5-7-8-9-10-11-13(4)14(15)12(3)6-2/h1,6,8-11,13-15H,7H2,2-4H3/b9-8+,11-10+,12-6+/t13-,14+/m0/s1. The zero-order valence-electron chi connectivity index (χ0n) is 9.77. The van der Waals surface area contributed by atoms with Crippen molar-refractivity contribution >= 4 is 0 Å². The van der Waals surface area contributed by atoms with Crippen LogP contribution in [0.5, 0.6) is 0 Å². The predicted octanol–water partition coefficient (Wildman–Crippen LogP) is 3.09. The molecule has 0 saturated carbocycles. The van der Waals surface area contributed by atoms with Gasteiger partial charge in [0.1, 0.15) is 0 Å². The molecule has 0 radical (unpaired) electrons. The molecule has 0 aliphatic carbocycles. The Morgan fingerprint density at radius 3 is 2.67 bits per heavy atom. The number of aliphatic hydroxyl groups excluding tert-OH is 1. The second-order valence-corrected chi connectivity index (χ2v) is 3.56. The Morgan fingerprint density at radius 1 is 1.47 bits per heavy atom. The summed E-state index contributed by atoms with van der Waals surface area (Å²) in [4.78, 5) is 0. The number of rotatable bonds is 5. The molecule has 0 saturated heterocycles. The van der Waals surface area contributed by atoms with Crippen LogP contribution in [0.2, 0.25) is 0 Å². The van der Waals surface area contributed by atoms with Crippen LogP contribution in [0.4, 0.5) is 0 Å². The van der Waals surface area contributed by atoms with Gasteiger partial charge in [0.15, 0.2) is 0 Å². The van der Waals surface area contributed by atoms with Crippen molar-refractivity contribution < 1.29 is 5.11 Å². The maximum atomic E-state index is 9.81. The summed E-state index contributed by atoms with van der Waals surface area (Å²) in [5, 5.41) is 9.81. The summed E-state index contributed by atoms with van der Waals surface area (Å²) >= 11 is 0. The minimum absolute atomic E-state index is 0.122. The fourth-order valence-corrected chi connectivity index (χ4v) is 1.14. The molecule has 0 amide bonds. The van der Waals surface area contributed by atoms with Gasteiger partial charge in [0, 0.05) is 12.3 Å². The fourth-order valence-electron chi connectivity index (χ4n) is 1.14. The molecule has 0 aliphatic rings. The highest BCUT2D eigenvalue weighted by molar-refractivity contribution is 5.12. The van der Waals surface area contributed by atoms with Crippen LogP contribution in [0, 0.1) is 18.3 Å². The summed E-state index contributed by atoms with van der Waals surface area (Å²) in [6.45, 7) is 5.86. The lowest BCUT2D eigenvalue weighted by molar-refractivity contribution is 0.173. The molecule has 0 aromatic carbocycles. The first-order valence-corrected chi connectivity index (χ1v) is 5.21. The van der Waals surface area contributed by atoms with Crippen LogP contribution in [0.1, 0.15) is 27.2 Å². The van der Waals surface area contributed by atoms with E-state index in [4.69, 9.17) is 6.42 Å². The van der Waals surface area contributed by atoms with Crippen molar-refractivity contribution in [1.29, 1.82) is 0 Å². The number of hydrogen-bond acceptors (Lipinski definition) is 1. The average Bonchev–Trinajstić information content (AvgIpc) is 2.26. The van der Waals surface area contributed by atoms with E-state index in [0.29, 0.717) is 6.42 Å². The van der Waals surface area contributed by atoms with Crippen LogP contribution in [-0.4, -0.2) is 11.2 Å². The van der Waals surface area contributed by atoms with E-state index in [1.807, 2.05) is 51.2 Å². The van der Waals surface area contributed by atoms with Gasteiger partial charge in [-0.25, -0.2) is 0 Å². The SMILES string of the molecule is C#CC/C=C/C=C/[C@H](C)[C@H](O)/C(C)=C/C. The maximum absolute atomic E-state index is 9.81. The molecule has 15 heavy (non-hydrogen) atoms. The quantitative estimate of drug-likeness (QED) is 0.414. The Labute approximate surface area is 93.2 Å². The van der Waals surface area contributed by atoms with Crippen molar-refractivity contribution in [1.82, 2.24) is 0 Å². The lowest BCUT2D eigenvalue weighted by Crippen LogP contribution is -2.16. The zero-order valence-corrected chi connectivity index (χ0v) is 9.77. The Morgan fingerprint density at radius 2 is 2.13 bits per heavy atom. The molecule has 0 fully saturated rings. The molecular formula is C14H20O. The minimum atomic E-state index is -0.396. The number of hydrogen-bond donors (Lipinski definition) is 1. The third-order valence-electron chi connectivity index (χ3n) is 2.32. The summed E-state index contributed by atoms with van der Waals surface area (Å²) in [5.74, 6) is 2.65. The third-order valence-corrected chi connectivity index (χ3v) is 2.32. The number of allylic oxidation sites excluding steroid dienone is 4. The van der Waals surface area contributed by atoms with E-state index in [0.717, 1.165) is 5.57 Å². The van der Waals surface area contributed by atoms with Gasteiger partial charge in [-0.2, -0.15) is 0 Å². The van der Waals surface area contributed by atoms with Crippen LogP contribution in [-0.2, 0) is 0 Å². The minimum Gasteiger partial charge on any atom is -0.388 e. The molecule has 1 nitrogen and oxygen atoms in total. The van der Waals surface area contributed by atoms with Crippen LogP contribution in [0.15, 0.2) is 36.0 Å². The smallest absolute Gasteiger partial charge is 0.0807 e. The highest BCUT2D eigenvalue weighted by atomic mass is 16.3. The van der Waals surface area contributed by atoms with Crippen LogP contribution in [0.3, 0.4) is 0 Å². The van der Waals surface area contributed by atoms with Gasteiger partial charge in [0.2, 0.25) is 0 Å².